The average molecular weight is 312 g/mol. The van der Waals surface area contributed by atoms with E-state index in [0.29, 0.717) is 24.5 Å². The van der Waals surface area contributed by atoms with Crippen molar-refractivity contribution in [1.29, 1.82) is 0 Å². The number of carbonyl (C=O) groups is 2. The molecule has 0 aliphatic heterocycles. The zero-order valence-corrected chi connectivity index (χ0v) is 15.8. The molecule has 0 aromatic rings. The number of rotatable bonds is 11. The molecule has 0 atom stereocenters. The van der Waals surface area contributed by atoms with Crippen molar-refractivity contribution >= 4 is 11.7 Å². The van der Waals surface area contributed by atoms with Gasteiger partial charge in [-0.3, -0.25) is 9.59 Å². The summed E-state index contributed by atoms with van der Waals surface area (Å²) in [6.45, 7) is 15.5. The van der Waals surface area contributed by atoms with Crippen LogP contribution in [0.2, 0.25) is 0 Å². The Morgan fingerprint density at radius 2 is 1.55 bits per heavy atom. The third-order valence-corrected chi connectivity index (χ3v) is 4.91. The lowest BCUT2D eigenvalue weighted by Gasteiger charge is -2.27. The lowest BCUT2D eigenvalue weighted by molar-refractivity contribution is -0.129. The molecule has 0 aliphatic rings. The second-order valence-corrected chi connectivity index (χ2v) is 8.20. The quantitative estimate of drug-likeness (QED) is 0.560. The molecule has 0 bridgehead atoms. The summed E-state index contributed by atoms with van der Waals surface area (Å²) in [5, 5.41) is 3.02. The molecule has 0 saturated carbocycles. The van der Waals surface area contributed by atoms with E-state index in [-0.39, 0.29) is 16.7 Å². The van der Waals surface area contributed by atoms with Crippen molar-refractivity contribution < 1.29 is 9.59 Å². The monoisotopic (exact) mass is 311 g/mol. The molecule has 0 fully saturated rings. The van der Waals surface area contributed by atoms with E-state index < -0.39 is 0 Å². The molecule has 0 aliphatic carbocycles. The summed E-state index contributed by atoms with van der Waals surface area (Å²) in [4.78, 5) is 24.0. The zero-order valence-electron chi connectivity index (χ0n) is 15.8. The van der Waals surface area contributed by atoms with Gasteiger partial charge in [-0.15, -0.1) is 0 Å². The fourth-order valence-electron chi connectivity index (χ4n) is 2.41. The van der Waals surface area contributed by atoms with Crippen LogP contribution < -0.4 is 5.32 Å². The third kappa shape index (κ3) is 7.95. The molecule has 0 aromatic carbocycles. The first-order chi connectivity index (χ1) is 10.0. The first-order valence-electron chi connectivity index (χ1n) is 8.83. The van der Waals surface area contributed by atoms with Crippen molar-refractivity contribution in [3.8, 4) is 0 Å². The van der Waals surface area contributed by atoms with Gasteiger partial charge in [-0.25, -0.2) is 0 Å². The normalized spacial score (nSPS) is 12.5. The van der Waals surface area contributed by atoms with E-state index in [1.165, 1.54) is 0 Å². The van der Waals surface area contributed by atoms with Gasteiger partial charge in [0.25, 0.3) is 0 Å². The highest BCUT2D eigenvalue weighted by Gasteiger charge is 2.30. The fraction of sp³-hybridized carbons (Fsp3) is 0.895. The number of Topliss-reactive ketones (excluding diaryl/α,β-unsaturated/α-hetero) is 1. The summed E-state index contributed by atoms with van der Waals surface area (Å²) in [5.74, 6) is 0.774. The number of nitrogens with one attached hydrogen (secondary N) is 1. The molecule has 0 spiro atoms. The summed E-state index contributed by atoms with van der Waals surface area (Å²) in [6.07, 6.45) is 4.96. The standard InChI is InChI=1S/C19H37NO2/c1-8-13-18(4,5)14-20-17(22)12-10-9-11-16(21)19(6,7)15(2)3/h15H,8-14H2,1-7H3,(H,20,22). The predicted octanol–water partition coefficient (Wildman–Crippen LogP) is 4.74. The number of hydrogen-bond donors (Lipinski definition) is 1. The Bertz CT molecular complexity index is 356. The van der Waals surface area contributed by atoms with Crippen LogP contribution in [0.4, 0.5) is 0 Å². The Labute approximate surface area is 137 Å². The third-order valence-electron chi connectivity index (χ3n) is 4.91. The highest BCUT2D eigenvalue weighted by atomic mass is 16.1. The van der Waals surface area contributed by atoms with Crippen LogP contribution in [0.3, 0.4) is 0 Å². The van der Waals surface area contributed by atoms with Crippen LogP contribution in [-0.2, 0) is 9.59 Å². The topological polar surface area (TPSA) is 46.2 Å². The smallest absolute Gasteiger partial charge is 0.220 e. The van der Waals surface area contributed by atoms with E-state index in [4.69, 9.17) is 0 Å². The predicted molar refractivity (Wildman–Crippen MR) is 93.8 cm³/mol. The van der Waals surface area contributed by atoms with E-state index in [1.54, 1.807) is 0 Å². The molecule has 1 amide bonds. The molecular weight excluding hydrogens is 274 g/mol. The van der Waals surface area contributed by atoms with Crippen molar-refractivity contribution in [2.24, 2.45) is 16.7 Å². The SMILES string of the molecule is CCCC(C)(C)CNC(=O)CCCCC(=O)C(C)(C)C(C)C. The maximum atomic E-state index is 12.2. The maximum Gasteiger partial charge on any atom is 0.220 e. The lowest BCUT2D eigenvalue weighted by atomic mass is 9.76. The summed E-state index contributed by atoms with van der Waals surface area (Å²) in [6, 6.07) is 0. The summed E-state index contributed by atoms with van der Waals surface area (Å²) in [7, 11) is 0. The van der Waals surface area contributed by atoms with Crippen molar-refractivity contribution in [3.05, 3.63) is 0 Å². The van der Waals surface area contributed by atoms with Gasteiger partial charge in [-0.2, -0.15) is 0 Å². The molecule has 22 heavy (non-hydrogen) atoms. The van der Waals surface area contributed by atoms with E-state index in [2.05, 4.69) is 39.9 Å². The van der Waals surface area contributed by atoms with Gasteiger partial charge in [-0.05, 0) is 30.6 Å². The molecule has 0 rings (SSSR count). The van der Waals surface area contributed by atoms with E-state index in [9.17, 15) is 9.59 Å². The minimum atomic E-state index is -0.258. The van der Waals surface area contributed by atoms with Gasteiger partial charge < -0.3 is 5.32 Å². The number of ketones is 1. The number of carbonyl (C=O) groups excluding carboxylic acids is 2. The molecule has 0 aromatic heterocycles. The number of amides is 1. The number of hydrogen-bond acceptors (Lipinski definition) is 2. The Hall–Kier alpha value is -0.860. The lowest BCUT2D eigenvalue weighted by Crippen LogP contribution is -2.33. The van der Waals surface area contributed by atoms with Gasteiger partial charge in [0, 0.05) is 24.8 Å². The molecule has 0 saturated heterocycles. The van der Waals surface area contributed by atoms with Gasteiger partial charge >= 0.3 is 0 Å². The highest BCUT2D eigenvalue weighted by molar-refractivity contribution is 5.84. The fourth-order valence-corrected chi connectivity index (χ4v) is 2.41. The first-order valence-corrected chi connectivity index (χ1v) is 8.83. The molecular formula is C19H37NO2. The molecule has 3 heteroatoms. The van der Waals surface area contributed by atoms with Crippen LogP contribution in [0.1, 0.15) is 87.0 Å². The summed E-state index contributed by atoms with van der Waals surface area (Å²) < 4.78 is 0. The first kappa shape index (κ1) is 21.1. The Balaban J connectivity index is 3.93. The zero-order chi connectivity index (χ0) is 17.4. The van der Waals surface area contributed by atoms with E-state index in [1.807, 2.05) is 13.8 Å². The molecule has 3 nitrogen and oxygen atoms in total. The number of unbranched alkanes of at least 4 members (excludes halogenated alkanes) is 1. The van der Waals surface area contributed by atoms with Gasteiger partial charge in [0.05, 0.1) is 0 Å². The summed E-state index contributed by atoms with van der Waals surface area (Å²) in [5.41, 5.74) is -0.0892. The van der Waals surface area contributed by atoms with E-state index >= 15 is 0 Å². The van der Waals surface area contributed by atoms with Crippen LogP contribution in [0, 0.1) is 16.7 Å². The Morgan fingerprint density at radius 3 is 2.05 bits per heavy atom. The van der Waals surface area contributed by atoms with Crippen LogP contribution in [0.25, 0.3) is 0 Å². The molecule has 0 unspecified atom stereocenters. The molecule has 130 valence electrons. The maximum absolute atomic E-state index is 12.2. The Kier molecular flexibility index (Phi) is 8.95. The molecule has 0 heterocycles. The van der Waals surface area contributed by atoms with Crippen LogP contribution in [0.15, 0.2) is 0 Å². The van der Waals surface area contributed by atoms with Gasteiger partial charge in [0.15, 0.2) is 0 Å². The second kappa shape index (κ2) is 9.32. The van der Waals surface area contributed by atoms with Crippen molar-refractivity contribution in [3.63, 3.8) is 0 Å². The van der Waals surface area contributed by atoms with Crippen LogP contribution in [0.5, 0.6) is 0 Å². The van der Waals surface area contributed by atoms with Crippen molar-refractivity contribution in [1.82, 2.24) is 5.32 Å². The minimum absolute atomic E-state index is 0.111. The van der Waals surface area contributed by atoms with Crippen molar-refractivity contribution in [2.75, 3.05) is 6.54 Å². The summed E-state index contributed by atoms with van der Waals surface area (Å²) >= 11 is 0. The van der Waals surface area contributed by atoms with Crippen LogP contribution >= 0.6 is 0 Å². The van der Waals surface area contributed by atoms with Gasteiger partial charge in [0.1, 0.15) is 5.78 Å². The molecule has 1 N–H and O–H groups in total. The molecule has 0 radical (unpaired) electrons. The van der Waals surface area contributed by atoms with Crippen molar-refractivity contribution in [2.45, 2.75) is 87.0 Å². The Morgan fingerprint density at radius 1 is 1.00 bits per heavy atom. The average Bonchev–Trinajstić information content (AvgIpc) is 2.40. The van der Waals surface area contributed by atoms with Gasteiger partial charge in [0.2, 0.25) is 5.91 Å². The minimum Gasteiger partial charge on any atom is -0.356 e. The van der Waals surface area contributed by atoms with Gasteiger partial charge in [-0.1, -0.05) is 54.9 Å². The highest BCUT2D eigenvalue weighted by Crippen LogP contribution is 2.29. The van der Waals surface area contributed by atoms with Crippen LogP contribution in [-0.4, -0.2) is 18.2 Å². The largest absolute Gasteiger partial charge is 0.356 e. The second-order valence-electron chi connectivity index (χ2n) is 8.20. The van der Waals surface area contributed by atoms with E-state index in [0.717, 1.165) is 32.2 Å².